The predicted octanol–water partition coefficient (Wildman–Crippen LogP) is 3.72. The van der Waals surface area contributed by atoms with Crippen molar-refractivity contribution >= 4 is 40.7 Å². The van der Waals surface area contributed by atoms with Gasteiger partial charge in [0.15, 0.2) is 0 Å². The normalized spacial score (nSPS) is 17.6. The first-order valence-electron chi connectivity index (χ1n) is 7.56. The van der Waals surface area contributed by atoms with E-state index < -0.39 is 6.04 Å². The van der Waals surface area contributed by atoms with E-state index in [9.17, 15) is 9.59 Å². The van der Waals surface area contributed by atoms with Gasteiger partial charge in [0.25, 0.3) is 5.91 Å². The Hall–Kier alpha value is -1.88. The zero-order chi connectivity index (χ0) is 17.3. The van der Waals surface area contributed by atoms with Crippen LogP contribution in [-0.2, 0) is 16.1 Å². The maximum Gasteiger partial charge on any atom is 0.251 e. The third kappa shape index (κ3) is 3.46. The maximum absolute atomic E-state index is 12.5. The summed E-state index contributed by atoms with van der Waals surface area (Å²) in [7, 11) is 0. The number of aryl methyl sites for hydroxylation is 1. The molecule has 0 unspecified atom stereocenters. The Morgan fingerprint density at radius 3 is 2.46 bits per heavy atom. The van der Waals surface area contributed by atoms with Crippen molar-refractivity contribution in [2.75, 3.05) is 4.90 Å². The second-order valence-electron chi connectivity index (χ2n) is 5.79. The van der Waals surface area contributed by atoms with E-state index >= 15 is 0 Å². The lowest BCUT2D eigenvalue weighted by atomic mass is 10.2. The summed E-state index contributed by atoms with van der Waals surface area (Å²) in [4.78, 5) is 26.0. The average molecular weight is 363 g/mol. The van der Waals surface area contributed by atoms with Crippen molar-refractivity contribution in [3.05, 3.63) is 63.6 Å². The summed E-state index contributed by atoms with van der Waals surface area (Å²) >= 11 is 11.9. The SMILES string of the molecule is Cc1ccc(N2C(=O)C[C@H](NCc3ccc(Cl)c(Cl)c3)C2=O)cc1. The first-order chi connectivity index (χ1) is 11.5. The van der Waals surface area contributed by atoms with Crippen molar-refractivity contribution in [3.63, 3.8) is 0 Å². The summed E-state index contributed by atoms with van der Waals surface area (Å²) < 4.78 is 0. The highest BCUT2D eigenvalue weighted by molar-refractivity contribution is 6.42. The number of carbonyl (C=O) groups excluding carboxylic acids is 2. The first-order valence-corrected chi connectivity index (χ1v) is 8.32. The van der Waals surface area contributed by atoms with E-state index in [1.807, 2.05) is 25.1 Å². The van der Waals surface area contributed by atoms with E-state index in [-0.39, 0.29) is 18.2 Å². The minimum atomic E-state index is -0.534. The van der Waals surface area contributed by atoms with Crippen molar-refractivity contribution in [2.45, 2.75) is 25.9 Å². The van der Waals surface area contributed by atoms with Crippen LogP contribution in [0.5, 0.6) is 0 Å². The molecule has 0 aliphatic carbocycles. The van der Waals surface area contributed by atoms with Gasteiger partial charge in [0, 0.05) is 6.54 Å². The Bertz CT molecular complexity index is 790. The molecule has 3 rings (SSSR count). The van der Waals surface area contributed by atoms with E-state index in [1.54, 1.807) is 24.3 Å². The summed E-state index contributed by atoms with van der Waals surface area (Å²) in [5, 5.41) is 4.07. The molecule has 1 atom stereocenters. The monoisotopic (exact) mass is 362 g/mol. The van der Waals surface area contributed by atoms with Crippen LogP contribution in [0.15, 0.2) is 42.5 Å². The second-order valence-corrected chi connectivity index (χ2v) is 6.60. The number of carbonyl (C=O) groups is 2. The molecule has 1 aliphatic rings. The highest BCUT2D eigenvalue weighted by Gasteiger charge is 2.39. The molecule has 1 aliphatic heterocycles. The van der Waals surface area contributed by atoms with Gasteiger partial charge in [0.05, 0.1) is 28.2 Å². The van der Waals surface area contributed by atoms with Crippen LogP contribution in [-0.4, -0.2) is 17.9 Å². The van der Waals surface area contributed by atoms with Crippen molar-refractivity contribution in [2.24, 2.45) is 0 Å². The quantitative estimate of drug-likeness (QED) is 0.843. The highest BCUT2D eigenvalue weighted by atomic mass is 35.5. The molecule has 1 fully saturated rings. The summed E-state index contributed by atoms with van der Waals surface area (Å²) in [6, 6.07) is 12.1. The van der Waals surface area contributed by atoms with E-state index in [1.165, 1.54) is 4.90 Å². The second kappa shape index (κ2) is 6.93. The number of imide groups is 1. The van der Waals surface area contributed by atoms with E-state index in [4.69, 9.17) is 23.2 Å². The van der Waals surface area contributed by atoms with E-state index in [2.05, 4.69) is 5.32 Å². The Labute approximate surface area is 150 Å². The molecule has 2 amide bonds. The highest BCUT2D eigenvalue weighted by Crippen LogP contribution is 2.25. The van der Waals surface area contributed by atoms with Gasteiger partial charge in [-0.2, -0.15) is 0 Å². The van der Waals surface area contributed by atoms with E-state index in [0.717, 1.165) is 11.1 Å². The van der Waals surface area contributed by atoms with Crippen molar-refractivity contribution in [3.8, 4) is 0 Å². The van der Waals surface area contributed by atoms with Gasteiger partial charge in [0.2, 0.25) is 5.91 Å². The summed E-state index contributed by atoms with van der Waals surface area (Å²) in [5.41, 5.74) is 2.58. The van der Waals surface area contributed by atoms with Gasteiger partial charge < -0.3 is 5.32 Å². The molecule has 1 saturated heterocycles. The maximum atomic E-state index is 12.5. The van der Waals surface area contributed by atoms with E-state index in [0.29, 0.717) is 22.3 Å². The van der Waals surface area contributed by atoms with Gasteiger partial charge >= 0.3 is 0 Å². The molecule has 124 valence electrons. The Morgan fingerprint density at radius 2 is 1.79 bits per heavy atom. The van der Waals surface area contributed by atoms with Gasteiger partial charge in [-0.15, -0.1) is 0 Å². The number of hydrogen-bond donors (Lipinski definition) is 1. The third-order valence-corrected chi connectivity index (χ3v) is 4.71. The number of amides is 2. The fraction of sp³-hybridized carbons (Fsp3) is 0.222. The molecule has 2 aromatic carbocycles. The summed E-state index contributed by atoms with van der Waals surface area (Å²) in [6.07, 6.45) is 0.147. The predicted molar refractivity (Wildman–Crippen MR) is 95.4 cm³/mol. The molecule has 0 saturated carbocycles. The lowest BCUT2D eigenvalue weighted by Gasteiger charge is -2.16. The third-order valence-electron chi connectivity index (χ3n) is 3.98. The molecule has 4 nitrogen and oxygen atoms in total. The molecule has 0 spiro atoms. The lowest BCUT2D eigenvalue weighted by Crippen LogP contribution is -2.38. The number of halogens is 2. The zero-order valence-electron chi connectivity index (χ0n) is 13.1. The van der Waals surface area contributed by atoms with Crippen LogP contribution in [0.4, 0.5) is 5.69 Å². The van der Waals surface area contributed by atoms with Crippen LogP contribution >= 0.6 is 23.2 Å². The fourth-order valence-corrected chi connectivity index (χ4v) is 2.97. The molecular weight excluding hydrogens is 347 g/mol. The van der Waals surface area contributed by atoms with Gasteiger partial charge in [-0.3, -0.25) is 9.59 Å². The first kappa shape index (κ1) is 17.0. The van der Waals surface area contributed by atoms with Crippen LogP contribution in [0.2, 0.25) is 10.0 Å². The minimum Gasteiger partial charge on any atom is -0.301 e. The number of benzene rings is 2. The summed E-state index contributed by atoms with van der Waals surface area (Å²) in [6.45, 7) is 2.39. The number of nitrogens with zero attached hydrogens (tertiary/aromatic N) is 1. The Kier molecular flexibility index (Phi) is 4.90. The Morgan fingerprint density at radius 1 is 1.08 bits per heavy atom. The molecular formula is C18H16Cl2N2O2. The minimum absolute atomic E-state index is 0.147. The number of anilines is 1. The lowest BCUT2D eigenvalue weighted by molar-refractivity contribution is -0.121. The van der Waals surface area contributed by atoms with Gasteiger partial charge in [0.1, 0.15) is 0 Å². The fourth-order valence-electron chi connectivity index (χ4n) is 2.65. The number of rotatable bonds is 4. The van der Waals surface area contributed by atoms with Crippen LogP contribution in [0, 0.1) is 6.92 Å². The molecule has 6 heteroatoms. The smallest absolute Gasteiger partial charge is 0.251 e. The van der Waals surface area contributed by atoms with Crippen LogP contribution in [0.3, 0.4) is 0 Å². The molecule has 2 aromatic rings. The molecule has 0 radical (unpaired) electrons. The zero-order valence-corrected chi connectivity index (χ0v) is 14.6. The molecule has 1 N–H and O–H groups in total. The Balaban J connectivity index is 1.69. The van der Waals surface area contributed by atoms with Crippen LogP contribution in [0.25, 0.3) is 0 Å². The molecule has 0 aromatic heterocycles. The number of nitrogens with one attached hydrogen (secondary N) is 1. The largest absolute Gasteiger partial charge is 0.301 e. The van der Waals surface area contributed by atoms with Crippen molar-refractivity contribution in [1.29, 1.82) is 0 Å². The molecule has 1 heterocycles. The summed E-state index contributed by atoms with van der Waals surface area (Å²) in [5.74, 6) is -0.431. The van der Waals surface area contributed by atoms with Crippen LogP contribution < -0.4 is 10.2 Å². The molecule has 24 heavy (non-hydrogen) atoms. The van der Waals surface area contributed by atoms with Crippen molar-refractivity contribution in [1.82, 2.24) is 5.32 Å². The standard InChI is InChI=1S/C18H16Cl2N2O2/c1-11-2-5-13(6-3-11)22-17(23)9-16(18(22)24)21-10-12-4-7-14(19)15(20)8-12/h2-8,16,21H,9-10H2,1H3/t16-/m0/s1. The van der Waals surface area contributed by atoms with Crippen molar-refractivity contribution < 1.29 is 9.59 Å². The molecule has 0 bridgehead atoms. The van der Waals surface area contributed by atoms with Gasteiger partial charge in [-0.05, 0) is 36.8 Å². The topological polar surface area (TPSA) is 49.4 Å². The number of hydrogen-bond acceptors (Lipinski definition) is 3. The van der Waals surface area contributed by atoms with Crippen LogP contribution in [0.1, 0.15) is 17.5 Å². The van der Waals surface area contributed by atoms with Gasteiger partial charge in [-0.25, -0.2) is 4.90 Å². The van der Waals surface area contributed by atoms with Gasteiger partial charge in [-0.1, -0.05) is 47.0 Å². The average Bonchev–Trinajstić information content (AvgIpc) is 2.84.